The summed E-state index contributed by atoms with van der Waals surface area (Å²) in [5, 5.41) is 13.4. The van der Waals surface area contributed by atoms with Gasteiger partial charge in [-0.1, -0.05) is 11.2 Å². The molecule has 5 heteroatoms. The van der Waals surface area contributed by atoms with E-state index in [1.165, 1.54) is 6.07 Å². The van der Waals surface area contributed by atoms with Crippen molar-refractivity contribution in [3.63, 3.8) is 0 Å². The Labute approximate surface area is 85.2 Å². The maximum atomic E-state index is 11.4. The highest BCUT2D eigenvalue weighted by Crippen LogP contribution is 2.27. The molecule has 0 aliphatic carbocycles. The third-order valence-electron chi connectivity index (χ3n) is 1.95. The maximum Gasteiger partial charge on any atom is 0.361 e. The Morgan fingerprint density at radius 1 is 1.60 bits per heavy atom. The fraction of sp³-hybridized carbons (Fsp3) is 0.200. The van der Waals surface area contributed by atoms with Crippen molar-refractivity contribution in [2.75, 3.05) is 6.61 Å². The molecule has 0 aliphatic heterocycles. The van der Waals surface area contributed by atoms with Crippen LogP contribution < -0.4 is 0 Å². The third-order valence-corrected chi connectivity index (χ3v) is 1.95. The largest absolute Gasteiger partial charge is 0.507 e. The molecule has 0 amide bonds. The number of nitrogens with zero attached hydrogens (tertiary/aromatic N) is 1. The lowest BCUT2D eigenvalue weighted by molar-refractivity contribution is 0.0516. The summed E-state index contributed by atoms with van der Waals surface area (Å²) in [6.07, 6.45) is 0. The number of esters is 1. The number of ether oxygens (including phenoxy) is 1. The fourth-order valence-corrected chi connectivity index (χ4v) is 1.31. The van der Waals surface area contributed by atoms with E-state index in [2.05, 4.69) is 5.16 Å². The first-order valence-corrected chi connectivity index (χ1v) is 4.48. The Morgan fingerprint density at radius 3 is 3.13 bits per heavy atom. The van der Waals surface area contributed by atoms with E-state index in [1.54, 1.807) is 19.1 Å². The van der Waals surface area contributed by atoms with Gasteiger partial charge in [-0.15, -0.1) is 0 Å². The average Bonchev–Trinajstić information content (AvgIpc) is 2.63. The van der Waals surface area contributed by atoms with E-state index in [0.717, 1.165) is 0 Å². The summed E-state index contributed by atoms with van der Waals surface area (Å²) in [6.45, 7) is 1.95. The van der Waals surface area contributed by atoms with Crippen molar-refractivity contribution in [1.29, 1.82) is 0 Å². The van der Waals surface area contributed by atoms with Crippen LogP contribution in [0.3, 0.4) is 0 Å². The summed E-state index contributed by atoms with van der Waals surface area (Å²) in [5.41, 5.74) is 0.364. The molecule has 0 saturated heterocycles. The summed E-state index contributed by atoms with van der Waals surface area (Å²) in [5.74, 6) is -0.644. The highest BCUT2D eigenvalue weighted by Gasteiger charge is 2.19. The Bertz CT molecular complexity index is 503. The van der Waals surface area contributed by atoms with Crippen LogP contribution in [0, 0.1) is 0 Å². The van der Waals surface area contributed by atoms with Crippen molar-refractivity contribution >= 4 is 16.9 Å². The molecule has 2 aromatic rings. The van der Waals surface area contributed by atoms with Crippen molar-refractivity contribution < 1.29 is 19.2 Å². The van der Waals surface area contributed by atoms with Crippen LogP contribution in [0.5, 0.6) is 5.75 Å². The smallest absolute Gasteiger partial charge is 0.361 e. The van der Waals surface area contributed by atoms with E-state index in [0.29, 0.717) is 5.58 Å². The Balaban J connectivity index is 2.57. The minimum Gasteiger partial charge on any atom is -0.507 e. The van der Waals surface area contributed by atoms with E-state index in [9.17, 15) is 9.90 Å². The van der Waals surface area contributed by atoms with Crippen LogP contribution in [-0.4, -0.2) is 22.8 Å². The number of hydrogen-bond acceptors (Lipinski definition) is 5. The molecule has 1 N–H and O–H groups in total. The van der Waals surface area contributed by atoms with E-state index in [-0.39, 0.29) is 23.4 Å². The van der Waals surface area contributed by atoms with Gasteiger partial charge in [-0.2, -0.15) is 0 Å². The predicted molar refractivity (Wildman–Crippen MR) is 51.6 cm³/mol. The number of fused-ring (bicyclic) bond motifs is 1. The number of phenolic OH excluding ortho intramolecular Hbond substituents is 1. The average molecular weight is 207 g/mol. The second-order valence-corrected chi connectivity index (χ2v) is 2.90. The van der Waals surface area contributed by atoms with Crippen LogP contribution in [-0.2, 0) is 4.74 Å². The number of benzene rings is 1. The van der Waals surface area contributed by atoms with Crippen LogP contribution in [0.4, 0.5) is 0 Å². The van der Waals surface area contributed by atoms with Crippen molar-refractivity contribution in [3.05, 3.63) is 23.9 Å². The van der Waals surface area contributed by atoms with Gasteiger partial charge < -0.3 is 14.4 Å². The van der Waals surface area contributed by atoms with Gasteiger partial charge in [0.2, 0.25) is 5.69 Å². The van der Waals surface area contributed by atoms with Crippen molar-refractivity contribution in [1.82, 2.24) is 5.16 Å². The Kier molecular flexibility index (Phi) is 2.29. The topological polar surface area (TPSA) is 72.6 Å². The monoisotopic (exact) mass is 207 g/mol. The third kappa shape index (κ3) is 1.52. The molecule has 0 saturated carbocycles. The van der Waals surface area contributed by atoms with Gasteiger partial charge in [0, 0.05) is 0 Å². The summed E-state index contributed by atoms with van der Waals surface area (Å²) >= 11 is 0. The van der Waals surface area contributed by atoms with Gasteiger partial charge >= 0.3 is 5.97 Å². The van der Waals surface area contributed by atoms with Gasteiger partial charge in [0.25, 0.3) is 0 Å². The molecule has 0 aliphatic rings. The molecule has 0 radical (unpaired) electrons. The molecule has 0 bridgehead atoms. The lowest BCUT2D eigenvalue weighted by Crippen LogP contribution is -2.05. The lowest BCUT2D eigenvalue weighted by atomic mass is 10.2. The standard InChI is InChI=1S/C10H9NO4/c1-2-14-10(13)9-8-6(12)4-3-5-7(8)15-11-9/h3-5,12H,2H2,1H3. The van der Waals surface area contributed by atoms with Gasteiger partial charge in [-0.25, -0.2) is 4.79 Å². The molecule has 0 unspecified atom stereocenters. The molecule has 15 heavy (non-hydrogen) atoms. The minimum absolute atomic E-state index is 0.00458. The molecule has 5 nitrogen and oxygen atoms in total. The van der Waals surface area contributed by atoms with Crippen LogP contribution in [0.2, 0.25) is 0 Å². The highest BCUT2D eigenvalue weighted by molar-refractivity contribution is 6.03. The predicted octanol–water partition coefficient (Wildman–Crippen LogP) is 1.71. The molecule has 0 fully saturated rings. The number of aromatic hydroxyl groups is 1. The fourth-order valence-electron chi connectivity index (χ4n) is 1.31. The van der Waals surface area contributed by atoms with Crippen molar-refractivity contribution in [3.8, 4) is 5.75 Å². The first kappa shape index (κ1) is 9.51. The van der Waals surface area contributed by atoms with Crippen LogP contribution >= 0.6 is 0 Å². The number of carbonyl (C=O) groups is 1. The van der Waals surface area contributed by atoms with Gasteiger partial charge in [0.15, 0.2) is 5.58 Å². The number of rotatable bonds is 2. The molecule has 1 aromatic carbocycles. The zero-order valence-corrected chi connectivity index (χ0v) is 8.06. The second kappa shape index (κ2) is 3.61. The first-order chi connectivity index (χ1) is 7.24. The number of phenols is 1. The van der Waals surface area contributed by atoms with E-state index in [4.69, 9.17) is 9.26 Å². The normalized spacial score (nSPS) is 10.5. The lowest BCUT2D eigenvalue weighted by Gasteiger charge is -1.97. The van der Waals surface area contributed by atoms with E-state index in [1.807, 2.05) is 0 Å². The summed E-state index contributed by atoms with van der Waals surface area (Å²) < 4.78 is 9.66. The molecule has 1 heterocycles. The van der Waals surface area contributed by atoms with Crippen LogP contribution in [0.15, 0.2) is 22.7 Å². The van der Waals surface area contributed by atoms with Gasteiger partial charge in [-0.05, 0) is 19.1 Å². The van der Waals surface area contributed by atoms with Gasteiger partial charge in [-0.3, -0.25) is 0 Å². The van der Waals surface area contributed by atoms with E-state index >= 15 is 0 Å². The zero-order chi connectivity index (χ0) is 10.8. The molecule has 1 aromatic heterocycles. The SMILES string of the molecule is CCOC(=O)c1noc2cccc(O)c12. The van der Waals surface area contributed by atoms with E-state index < -0.39 is 5.97 Å². The minimum atomic E-state index is -0.599. The molecule has 0 atom stereocenters. The Hall–Kier alpha value is -2.04. The molecule has 78 valence electrons. The van der Waals surface area contributed by atoms with Gasteiger partial charge in [0.05, 0.1) is 12.0 Å². The highest BCUT2D eigenvalue weighted by atomic mass is 16.5. The molecular weight excluding hydrogens is 198 g/mol. The maximum absolute atomic E-state index is 11.4. The zero-order valence-electron chi connectivity index (χ0n) is 8.06. The summed E-state index contributed by atoms with van der Waals surface area (Å²) in [4.78, 5) is 11.4. The number of carbonyl (C=O) groups excluding carboxylic acids is 1. The number of hydrogen-bond donors (Lipinski definition) is 1. The summed E-state index contributed by atoms with van der Waals surface area (Å²) in [6, 6.07) is 4.69. The van der Waals surface area contributed by atoms with Gasteiger partial charge in [0.1, 0.15) is 5.75 Å². The van der Waals surface area contributed by atoms with Crippen molar-refractivity contribution in [2.24, 2.45) is 0 Å². The molecule has 2 rings (SSSR count). The quantitative estimate of drug-likeness (QED) is 0.759. The van der Waals surface area contributed by atoms with Crippen molar-refractivity contribution in [2.45, 2.75) is 6.92 Å². The summed E-state index contributed by atoms with van der Waals surface area (Å²) in [7, 11) is 0. The Morgan fingerprint density at radius 2 is 2.40 bits per heavy atom. The molecular formula is C10H9NO4. The van der Waals surface area contributed by atoms with Crippen LogP contribution in [0.25, 0.3) is 11.0 Å². The second-order valence-electron chi connectivity index (χ2n) is 2.90. The number of aromatic nitrogens is 1. The molecule has 0 spiro atoms. The first-order valence-electron chi connectivity index (χ1n) is 4.48. The van der Waals surface area contributed by atoms with Crippen LogP contribution in [0.1, 0.15) is 17.4 Å².